The summed E-state index contributed by atoms with van der Waals surface area (Å²) in [5.41, 5.74) is 0. The predicted octanol–water partition coefficient (Wildman–Crippen LogP) is 6.29. The summed E-state index contributed by atoms with van der Waals surface area (Å²) in [6.07, 6.45) is 32.7. The molecule has 0 atom stereocenters. The zero-order valence-corrected chi connectivity index (χ0v) is 63.3. The molecule has 0 amide bonds. The average Bonchev–Trinajstić information content (AvgIpc) is 2.51. The number of quaternary nitrogens is 3. The van der Waals surface area contributed by atoms with Gasteiger partial charge in [0, 0.05) is 42.5 Å². The standard InChI is InChI=1S/C16H36N.C13H30N.C8H15N2.C6H11N2.C6H16N.C5H9N2.C3H6O2.5C2H4O3/c1-5-9-13-17(14-10-6-2,15-11-7-3)16-12-8-4;1-5-8-11-14(4,12-9-6-2)13-10-7-3;1-3-4-5-10-7-6-9(2)8-10;1-3-8-5-4-7(2)6-8;1-5-7(3,4)6-2;1-6-3-4-7(2)5-6;1-3(4)5-2;5*1-5-2(3)4/h5-16H2,1-4H3;5-13H2,1-4H3;6-8H,3-5H2,1-2H3;4-6H,3H2,1-2H3;5-6H2,1-4H3;3-5H,1-2H3;1-2H3;5*1H3,(H,3,4)/q6*+1;;;;;;/p-5. The molecule has 3 aromatic heterocycles. The number of carboxylic acid groups (broad SMARTS) is 5. The number of esters is 1. The first-order valence-corrected chi connectivity index (χ1v) is 32.9. The van der Waals surface area contributed by atoms with Crippen molar-refractivity contribution in [1.29, 1.82) is 0 Å². The number of unbranched alkanes of at least 4 members (excludes halogenated alkanes) is 8. The zero-order valence-electron chi connectivity index (χ0n) is 63.3. The minimum atomic E-state index is -1.50. The molecule has 3 heterocycles. The van der Waals surface area contributed by atoms with E-state index < -0.39 is 30.8 Å². The molecule has 552 valence electrons. The first-order chi connectivity index (χ1) is 43.6. The lowest BCUT2D eigenvalue weighted by atomic mass is 10.1. The summed E-state index contributed by atoms with van der Waals surface area (Å²) >= 11 is 0. The number of hydrogen-bond acceptors (Lipinski definition) is 17. The molecule has 3 rings (SSSR count). The topological polar surface area (TPSA) is 300 Å². The molecule has 0 aliphatic heterocycles. The molecule has 0 saturated heterocycles. The van der Waals surface area contributed by atoms with Gasteiger partial charge in [0.1, 0.15) is 37.2 Å². The van der Waals surface area contributed by atoms with Crippen LogP contribution >= 0.6 is 0 Å². The van der Waals surface area contributed by atoms with Crippen molar-refractivity contribution in [2.24, 2.45) is 28.2 Å². The van der Waals surface area contributed by atoms with Gasteiger partial charge >= 0.3 is 5.97 Å². The van der Waals surface area contributed by atoms with Gasteiger partial charge in [-0.2, -0.15) is 0 Å². The van der Waals surface area contributed by atoms with E-state index in [0.717, 1.165) is 53.1 Å². The van der Waals surface area contributed by atoms with Gasteiger partial charge in [-0.15, -0.1) is 0 Å². The van der Waals surface area contributed by atoms with Gasteiger partial charge in [0.05, 0.1) is 128 Å². The van der Waals surface area contributed by atoms with E-state index in [2.05, 4.69) is 171 Å². The number of carbonyl (C=O) groups is 6. The molecule has 0 bridgehead atoms. The van der Waals surface area contributed by atoms with Gasteiger partial charge in [0.15, 0.2) is 0 Å². The number of rotatable bonds is 27. The average molecular weight is 1340 g/mol. The van der Waals surface area contributed by atoms with E-state index in [1.807, 2.05) is 66.8 Å². The Hall–Kier alpha value is -6.67. The van der Waals surface area contributed by atoms with Gasteiger partial charge in [-0.3, -0.25) is 4.79 Å². The number of imidazole rings is 3. The normalized spacial score (nSPS) is 9.69. The molecule has 0 aliphatic rings. The summed E-state index contributed by atoms with van der Waals surface area (Å²) in [6, 6.07) is 0. The number of nitrogens with zero attached hydrogens (tertiary/aromatic N) is 9. The smallest absolute Gasteiger partial charge is 0.302 e. The van der Waals surface area contributed by atoms with Crippen LogP contribution in [0.2, 0.25) is 0 Å². The Balaban J connectivity index is -0.000000122. The van der Waals surface area contributed by atoms with Gasteiger partial charge in [0.2, 0.25) is 19.0 Å². The highest BCUT2D eigenvalue weighted by atomic mass is 16.7. The fourth-order valence-electron chi connectivity index (χ4n) is 7.06. The van der Waals surface area contributed by atoms with Crippen LogP contribution in [-0.4, -0.2) is 187 Å². The highest BCUT2D eigenvalue weighted by Gasteiger charge is 2.25. The van der Waals surface area contributed by atoms with E-state index in [1.54, 1.807) is 0 Å². The number of methoxy groups -OCH3 is 6. The second kappa shape index (κ2) is 76.0. The molecule has 0 aliphatic carbocycles. The van der Waals surface area contributed by atoms with Crippen molar-refractivity contribution in [1.82, 2.24) is 13.7 Å². The molecular weight excluding hydrogens is 1200 g/mol. The van der Waals surface area contributed by atoms with E-state index in [-0.39, 0.29) is 5.97 Å². The quantitative estimate of drug-likeness (QED) is 0.0350. The van der Waals surface area contributed by atoms with E-state index in [1.165, 1.54) is 185 Å². The number of hydrogen-bond donors (Lipinski definition) is 0. The highest BCUT2D eigenvalue weighted by molar-refractivity contribution is 5.65. The van der Waals surface area contributed by atoms with Gasteiger partial charge in [-0.1, -0.05) is 107 Å². The van der Waals surface area contributed by atoms with Crippen LogP contribution in [0.15, 0.2) is 56.2 Å². The zero-order chi connectivity index (χ0) is 74.1. The first kappa shape index (κ1) is 105. The van der Waals surface area contributed by atoms with Gasteiger partial charge in [-0.25, -0.2) is 27.4 Å². The Morgan fingerprint density at radius 2 is 0.624 bits per heavy atom. The van der Waals surface area contributed by atoms with E-state index >= 15 is 0 Å². The molecule has 26 heteroatoms. The molecule has 26 nitrogen and oxygen atoms in total. The molecule has 3 aromatic rings. The minimum Gasteiger partial charge on any atom is -0.553 e. The monoisotopic (exact) mass is 1340 g/mol. The van der Waals surface area contributed by atoms with Gasteiger partial charge in [0.25, 0.3) is 30.8 Å². The highest BCUT2D eigenvalue weighted by Crippen LogP contribution is 2.16. The van der Waals surface area contributed by atoms with Crippen LogP contribution in [0.5, 0.6) is 0 Å². The molecule has 0 spiro atoms. The van der Waals surface area contributed by atoms with Crippen molar-refractivity contribution in [3.8, 4) is 0 Å². The van der Waals surface area contributed by atoms with Crippen molar-refractivity contribution in [2.45, 2.75) is 199 Å². The van der Waals surface area contributed by atoms with Gasteiger partial charge in [-0.05, 0) is 72.1 Å². The first-order valence-electron chi connectivity index (χ1n) is 32.9. The number of carbonyl (C=O) groups excluding carboxylic acids is 6. The summed E-state index contributed by atoms with van der Waals surface area (Å²) in [7, 11) is 21.5. The van der Waals surface area contributed by atoms with Crippen LogP contribution in [0.25, 0.3) is 0 Å². The molecule has 0 radical (unpaired) electrons. The fraction of sp³-hybridized carbons (Fsp3) is 0.776. The summed E-state index contributed by atoms with van der Waals surface area (Å²) in [4.78, 5) is 54.8. The lowest BCUT2D eigenvalue weighted by Gasteiger charge is -2.39. The van der Waals surface area contributed by atoms with E-state index in [9.17, 15) is 4.79 Å². The van der Waals surface area contributed by atoms with Crippen LogP contribution in [0.1, 0.15) is 186 Å². The number of aryl methyl sites for hydroxylation is 6. The lowest BCUT2D eigenvalue weighted by Crippen LogP contribution is -2.50. The SMILES string of the molecule is CCCC[N+](C)(CCCC)CCCC.CCCC[N+](CCCC)(CCCC)CCCC.CCCCn1cc[n+](C)c1.CC[N+](C)(C)CC.CCn1cc[n+](C)c1.COC(=O)[O-].COC(=O)[O-].COC(=O)[O-].COC(=O)[O-].COC(=O)[O-].COC(C)=O.Cn1cc[n+](C)c1. The second-order valence-corrected chi connectivity index (χ2v) is 22.4. The van der Waals surface area contributed by atoms with Crippen LogP contribution in [-0.2, 0) is 74.5 Å². The van der Waals surface area contributed by atoms with Gasteiger partial charge < -0.3 is 91.4 Å². The third-order valence-electron chi connectivity index (χ3n) is 13.6. The van der Waals surface area contributed by atoms with E-state index in [4.69, 9.17) is 49.5 Å². The van der Waals surface area contributed by atoms with Crippen LogP contribution in [0.4, 0.5) is 24.0 Å². The summed E-state index contributed by atoms with van der Waals surface area (Å²) in [5, 5.41) is 45.2. The van der Waals surface area contributed by atoms with E-state index in [0.29, 0.717) is 0 Å². The Morgan fingerprint density at radius 3 is 0.763 bits per heavy atom. The lowest BCUT2D eigenvalue weighted by molar-refractivity contribution is -0.929. The van der Waals surface area contributed by atoms with Crippen molar-refractivity contribution < 1.29 is 110 Å². The van der Waals surface area contributed by atoms with Crippen LogP contribution in [0.3, 0.4) is 0 Å². The predicted molar refractivity (Wildman–Crippen MR) is 356 cm³/mol. The molecule has 0 unspecified atom stereocenters. The van der Waals surface area contributed by atoms with Crippen molar-refractivity contribution in [3.63, 3.8) is 0 Å². The largest absolute Gasteiger partial charge is 0.553 e. The second-order valence-electron chi connectivity index (χ2n) is 22.4. The maximum Gasteiger partial charge on any atom is 0.302 e. The van der Waals surface area contributed by atoms with Crippen LogP contribution < -0.4 is 39.2 Å². The molecule has 0 aromatic carbocycles. The van der Waals surface area contributed by atoms with Crippen molar-refractivity contribution in [2.75, 3.05) is 123 Å². The van der Waals surface area contributed by atoms with Crippen molar-refractivity contribution in [3.05, 3.63) is 56.2 Å². The third kappa shape index (κ3) is 94.2. The Labute approximate surface area is 564 Å². The Kier molecular flexibility index (Phi) is 86.0. The summed E-state index contributed by atoms with van der Waals surface area (Å²) in [5.74, 6) is -0.245. The maximum atomic E-state index is 9.59. The molecule has 0 saturated carbocycles. The molecular formula is C67H138N9O17+. The molecule has 93 heavy (non-hydrogen) atoms. The minimum absolute atomic E-state index is 0.245. The molecule has 0 N–H and O–H groups in total. The molecule has 0 fully saturated rings. The Bertz CT molecular complexity index is 1910. The van der Waals surface area contributed by atoms with Crippen molar-refractivity contribution >= 4 is 36.7 Å². The third-order valence-corrected chi connectivity index (χ3v) is 13.6. The number of ether oxygens (including phenoxy) is 6. The number of aromatic nitrogens is 6. The summed E-state index contributed by atoms with van der Waals surface area (Å²) < 4.78 is 38.2. The van der Waals surface area contributed by atoms with Crippen LogP contribution in [0, 0.1) is 0 Å². The maximum absolute atomic E-state index is 9.59. The summed E-state index contributed by atoms with van der Waals surface area (Å²) in [6.45, 7) is 40.9. The Morgan fingerprint density at radius 1 is 0.387 bits per heavy atom. The fourth-order valence-corrected chi connectivity index (χ4v) is 7.06.